The number of carbonyl (C=O) groups excluding carboxylic acids is 1. The first-order valence-corrected chi connectivity index (χ1v) is 7.47. The summed E-state index contributed by atoms with van der Waals surface area (Å²) in [6, 6.07) is 7.10. The second-order valence-electron chi connectivity index (χ2n) is 5.55. The highest BCUT2D eigenvalue weighted by Gasteiger charge is 2.15. The van der Waals surface area contributed by atoms with E-state index in [0.29, 0.717) is 11.3 Å². The fourth-order valence-corrected chi connectivity index (χ4v) is 2.43. The van der Waals surface area contributed by atoms with Crippen LogP contribution in [-0.2, 0) is 4.74 Å². The molecular weight excluding hydrogens is 280 g/mol. The lowest BCUT2D eigenvalue weighted by atomic mass is 10.1. The summed E-state index contributed by atoms with van der Waals surface area (Å²) < 4.78 is 5.31. The molecule has 1 aromatic carbocycles. The molecule has 2 rings (SSSR count). The summed E-state index contributed by atoms with van der Waals surface area (Å²) in [5.74, 6) is 0. The predicted molar refractivity (Wildman–Crippen MR) is 84.8 cm³/mol. The quantitative estimate of drug-likeness (QED) is 0.887. The molecule has 22 heavy (non-hydrogen) atoms. The maximum Gasteiger partial charge on any atom is 0.319 e. The standard InChI is InChI=1S/C16H22N4O2/c1-12-3-4-14(10-17)9-15(12)19-16(21)18-13(2)11-20-5-7-22-8-6-20/h3-4,9,13H,5-8,11H2,1-2H3,(H2,18,19,21)/t13-/m1/s1. The number of anilines is 1. The van der Waals surface area contributed by atoms with Gasteiger partial charge in [0.05, 0.1) is 24.8 Å². The van der Waals surface area contributed by atoms with Crippen molar-refractivity contribution >= 4 is 11.7 Å². The van der Waals surface area contributed by atoms with Crippen LogP contribution in [-0.4, -0.2) is 49.8 Å². The highest BCUT2D eigenvalue weighted by molar-refractivity contribution is 5.90. The van der Waals surface area contributed by atoms with Gasteiger partial charge in [-0.15, -0.1) is 0 Å². The Morgan fingerprint density at radius 3 is 2.86 bits per heavy atom. The van der Waals surface area contributed by atoms with Crippen molar-refractivity contribution in [2.45, 2.75) is 19.9 Å². The van der Waals surface area contributed by atoms with Gasteiger partial charge in [0.25, 0.3) is 0 Å². The lowest BCUT2D eigenvalue weighted by molar-refractivity contribution is 0.0350. The zero-order valence-electron chi connectivity index (χ0n) is 13.1. The number of hydrogen-bond acceptors (Lipinski definition) is 4. The van der Waals surface area contributed by atoms with Crippen LogP contribution in [0, 0.1) is 18.3 Å². The Morgan fingerprint density at radius 2 is 2.18 bits per heavy atom. The van der Waals surface area contributed by atoms with Gasteiger partial charge in [-0.05, 0) is 31.5 Å². The molecule has 6 nitrogen and oxygen atoms in total. The fraction of sp³-hybridized carbons (Fsp3) is 0.500. The minimum absolute atomic E-state index is 0.0394. The molecule has 1 heterocycles. The van der Waals surface area contributed by atoms with E-state index >= 15 is 0 Å². The molecule has 118 valence electrons. The normalized spacial score (nSPS) is 16.6. The van der Waals surface area contributed by atoms with E-state index in [2.05, 4.69) is 21.6 Å². The van der Waals surface area contributed by atoms with E-state index in [1.54, 1.807) is 12.1 Å². The van der Waals surface area contributed by atoms with Crippen LogP contribution in [0.5, 0.6) is 0 Å². The molecule has 1 aromatic rings. The maximum atomic E-state index is 12.1. The van der Waals surface area contributed by atoms with Gasteiger partial charge < -0.3 is 15.4 Å². The molecule has 1 saturated heterocycles. The van der Waals surface area contributed by atoms with Crippen molar-refractivity contribution < 1.29 is 9.53 Å². The SMILES string of the molecule is Cc1ccc(C#N)cc1NC(=O)N[C@H](C)CN1CCOCC1. The molecule has 0 unspecified atom stereocenters. The maximum absolute atomic E-state index is 12.1. The minimum atomic E-state index is -0.251. The van der Waals surface area contributed by atoms with Crippen molar-refractivity contribution in [2.75, 3.05) is 38.2 Å². The number of urea groups is 1. The summed E-state index contributed by atoms with van der Waals surface area (Å²) in [5, 5.41) is 14.7. The Hall–Kier alpha value is -2.10. The van der Waals surface area contributed by atoms with Crippen LogP contribution < -0.4 is 10.6 Å². The summed E-state index contributed by atoms with van der Waals surface area (Å²) in [4.78, 5) is 14.3. The van der Waals surface area contributed by atoms with Gasteiger partial charge in [0.1, 0.15) is 0 Å². The fourth-order valence-electron chi connectivity index (χ4n) is 2.43. The zero-order valence-corrected chi connectivity index (χ0v) is 13.1. The monoisotopic (exact) mass is 302 g/mol. The number of hydrogen-bond donors (Lipinski definition) is 2. The van der Waals surface area contributed by atoms with Gasteiger partial charge in [-0.3, -0.25) is 4.90 Å². The van der Waals surface area contributed by atoms with Crippen molar-refractivity contribution in [3.63, 3.8) is 0 Å². The molecule has 2 N–H and O–H groups in total. The summed E-state index contributed by atoms with van der Waals surface area (Å²) in [6.07, 6.45) is 0. The third kappa shape index (κ3) is 4.72. The smallest absolute Gasteiger partial charge is 0.319 e. The molecule has 0 radical (unpaired) electrons. The summed E-state index contributed by atoms with van der Waals surface area (Å²) in [5.41, 5.74) is 2.12. The number of nitriles is 1. The van der Waals surface area contributed by atoms with Crippen LogP contribution in [0.2, 0.25) is 0 Å². The van der Waals surface area contributed by atoms with E-state index in [1.807, 2.05) is 19.9 Å². The molecule has 0 spiro atoms. The third-order valence-corrected chi connectivity index (χ3v) is 3.63. The highest BCUT2D eigenvalue weighted by atomic mass is 16.5. The number of carbonyl (C=O) groups is 1. The second-order valence-corrected chi connectivity index (χ2v) is 5.55. The number of nitrogens with zero attached hydrogens (tertiary/aromatic N) is 2. The van der Waals surface area contributed by atoms with Gasteiger partial charge in [-0.2, -0.15) is 5.26 Å². The Balaban J connectivity index is 1.85. The van der Waals surface area contributed by atoms with Gasteiger partial charge in [-0.1, -0.05) is 6.07 Å². The van der Waals surface area contributed by atoms with Gasteiger partial charge >= 0.3 is 6.03 Å². The van der Waals surface area contributed by atoms with Gasteiger partial charge in [-0.25, -0.2) is 4.79 Å². The molecule has 6 heteroatoms. The van der Waals surface area contributed by atoms with Gasteiger partial charge in [0.2, 0.25) is 0 Å². The lowest BCUT2D eigenvalue weighted by Crippen LogP contribution is -2.47. The molecule has 0 bridgehead atoms. The van der Waals surface area contributed by atoms with Crippen molar-refractivity contribution in [1.82, 2.24) is 10.2 Å². The number of aryl methyl sites for hydroxylation is 1. The Labute approximate surface area is 131 Å². The molecule has 1 aliphatic rings. The molecule has 0 aliphatic carbocycles. The summed E-state index contributed by atoms with van der Waals surface area (Å²) in [6.45, 7) is 7.97. The third-order valence-electron chi connectivity index (χ3n) is 3.63. The lowest BCUT2D eigenvalue weighted by Gasteiger charge is -2.29. The molecular formula is C16H22N4O2. The number of benzene rings is 1. The number of rotatable bonds is 4. The summed E-state index contributed by atoms with van der Waals surface area (Å²) >= 11 is 0. The zero-order chi connectivity index (χ0) is 15.9. The topological polar surface area (TPSA) is 77.4 Å². The van der Waals surface area contributed by atoms with Gasteiger partial charge in [0, 0.05) is 31.4 Å². The van der Waals surface area contributed by atoms with E-state index in [-0.39, 0.29) is 12.1 Å². The van der Waals surface area contributed by atoms with Crippen LogP contribution in [0.1, 0.15) is 18.1 Å². The van der Waals surface area contributed by atoms with Crippen molar-refractivity contribution in [1.29, 1.82) is 5.26 Å². The number of amides is 2. The molecule has 1 fully saturated rings. The first-order chi connectivity index (χ1) is 10.6. The Morgan fingerprint density at radius 1 is 1.45 bits per heavy atom. The van der Waals surface area contributed by atoms with Crippen LogP contribution in [0.4, 0.5) is 10.5 Å². The Kier molecular flexibility index (Phi) is 5.75. The first-order valence-electron chi connectivity index (χ1n) is 7.47. The van der Waals surface area contributed by atoms with E-state index in [9.17, 15) is 4.79 Å². The number of morpholine rings is 1. The molecule has 1 atom stereocenters. The van der Waals surface area contributed by atoms with Crippen molar-refractivity contribution in [3.05, 3.63) is 29.3 Å². The molecule has 0 aromatic heterocycles. The van der Waals surface area contributed by atoms with Gasteiger partial charge in [0.15, 0.2) is 0 Å². The highest BCUT2D eigenvalue weighted by Crippen LogP contribution is 2.16. The van der Waals surface area contributed by atoms with Crippen LogP contribution >= 0.6 is 0 Å². The first kappa shape index (κ1) is 16.3. The minimum Gasteiger partial charge on any atom is -0.379 e. The van der Waals surface area contributed by atoms with Crippen LogP contribution in [0.3, 0.4) is 0 Å². The molecule has 1 aliphatic heterocycles. The van der Waals surface area contributed by atoms with Crippen molar-refractivity contribution in [2.24, 2.45) is 0 Å². The summed E-state index contributed by atoms with van der Waals surface area (Å²) in [7, 11) is 0. The number of nitrogens with one attached hydrogen (secondary N) is 2. The Bertz CT molecular complexity index is 562. The predicted octanol–water partition coefficient (Wildman–Crippen LogP) is 1.71. The largest absolute Gasteiger partial charge is 0.379 e. The van der Waals surface area contributed by atoms with E-state index in [1.165, 1.54) is 0 Å². The van der Waals surface area contributed by atoms with Crippen LogP contribution in [0.25, 0.3) is 0 Å². The van der Waals surface area contributed by atoms with E-state index < -0.39 is 0 Å². The molecule has 0 saturated carbocycles. The average molecular weight is 302 g/mol. The van der Waals surface area contributed by atoms with Crippen LogP contribution in [0.15, 0.2) is 18.2 Å². The molecule has 2 amide bonds. The number of ether oxygens (including phenoxy) is 1. The average Bonchev–Trinajstić information content (AvgIpc) is 2.50. The van der Waals surface area contributed by atoms with Crippen molar-refractivity contribution in [3.8, 4) is 6.07 Å². The van der Waals surface area contributed by atoms with E-state index in [4.69, 9.17) is 10.00 Å². The van der Waals surface area contributed by atoms with E-state index in [0.717, 1.165) is 38.4 Å². The second kappa shape index (κ2) is 7.78.